The van der Waals surface area contributed by atoms with Crippen LogP contribution in [-0.2, 0) is 11.2 Å². The maximum atomic E-state index is 12.2. The molecule has 2 rings (SSSR count). The molecule has 2 aromatic carbocycles. The molecule has 0 aliphatic carbocycles. The van der Waals surface area contributed by atoms with E-state index in [4.69, 9.17) is 16.3 Å². The average Bonchev–Trinajstić information content (AvgIpc) is 2.50. The van der Waals surface area contributed by atoms with Crippen molar-refractivity contribution in [2.24, 2.45) is 0 Å². The first-order chi connectivity index (χ1) is 10.5. The molecule has 0 spiro atoms. The number of halogens is 1. The highest BCUT2D eigenvalue weighted by Crippen LogP contribution is 2.20. The minimum Gasteiger partial charge on any atom is -0.481 e. The van der Waals surface area contributed by atoms with Gasteiger partial charge in [-0.25, -0.2) is 0 Å². The van der Waals surface area contributed by atoms with E-state index in [2.05, 4.69) is 12.2 Å². The fourth-order valence-corrected chi connectivity index (χ4v) is 2.32. The zero-order valence-electron chi connectivity index (χ0n) is 13.0. The van der Waals surface area contributed by atoms with Gasteiger partial charge in [0.1, 0.15) is 5.75 Å². The Bertz CT molecular complexity index is 670. The van der Waals surface area contributed by atoms with Crippen molar-refractivity contribution in [2.75, 3.05) is 5.32 Å². The van der Waals surface area contributed by atoms with Gasteiger partial charge in [0.05, 0.1) is 0 Å². The van der Waals surface area contributed by atoms with Gasteiger partial charge in [-0.15, -0.1) is 0 Å². The number of carbonyl (C=O) groups is 1. The zero-order valence-corrected chi connectivity index (χ0v) is 13.8. The van der Waals surface area contributed by atoms with Crippen molar-refractivity contribution < 1.29 is 9.53 Å². The van der Waals surface area contributed by atoms with E-state index in [-0.39, 0.29) is 5.91 Å². The predicted octanol–water partition coefficient (Wildman–Crippen LogP) is 4.62. The van der Waals surface area contributed by atoms with Crippen LogP contribution < -0.4 is 10.1 Å². The van der Waals surface area contributed by atoms with E-state index in [0.29, 0.717) is 10.8 Å². The van der Waals surface area contributed by atoms with Gasteiger partial charge in [0.25, 0.3) is 5.91 Å². The molecule has 0 aliphatic heterocycles. The summed E-state index contributed by atoms with van der Waals surface area (Å²) in [6.07, 6.45) is 0.351. The summed E-state index contributed by atoms with van der Waals surface area (Å²) in [6.45, 7) is 5.72. The molecule has 0 radical (unpaired) electrons. The zero-order chi connectivity index (χ0) is 16.1. The summed E-state index contributed by atoms with van der Waals surface area (Å²) in [7, 11) is 0. The molecular formula is C18H20ClNO2. The molecule has 1 atom stereocenters. The molecule has 0 bridgehead atoms. The monoisotopic (exact) mass is 317 g/mol. The summed E-state index contributed by atoms with van der Waals surface area (Å²) in [4.78, 5) is 12.2. The van der Waals surface area contributed by atoms with Crippen molar-refractivity contribution in [1.29, 1.82) is 0 Å². The third-order valence-corrected chi connectivity index (χ3v) is 3.67. The van der Waals surface area contributed by atoms with Crippen LogP contribution in [0.15, 0.2) is 42.5 Å². The highest BCUT2D eigenvalue weighted by Gasteiger charge is 2.15. The topological polar surface area (TPSA) is 38.3 Å². The van der Waals surface area contributed by atoms with Crippen molar-refractivity contribution in [3.05, 3.63) is 58.6 Å². The van der Waals surface area contributed by atoms with Crippen LogP contribution in [0.3, 0.4) is 0 Å². The molecule has 22 heavy (non-hydrogen) atoms. The summed E-state index contributed by atoms with van der Waals surface area (Å²) >= 11 is 5.91. The molecule has 0 saturated carbocycles. The Morgan fingerprint density at radius 1 is 1.27 bits per heavy atom. The van der Waals surface area contributed by atoms with Gasteiger partial charge in [0.15, 0.2) is 6.10 Å². The molecule has 0 saturated heterocycles. The van der Waals surface area contributed by atoms with E-state index in [0.717, 1.165) is 17.7 Å². The lowest BCUT2D eigenvalue weighted by molar-refractivity contribution is -0.122. The molecular weight excluding hydrogens is 298 g/mol. The lowest BCUT2D eigenvalue weighted by Crippen LogP contribution is -2.30. The quantitative estimate of drug-likeness (QED) is 0.874. The summed E-state index contributed by atoms with van der Waals surface area (Å²) < 4.78 is 5.72. The van der Waals surface area contributed by atoms with Gasteiger partial charge in [-0.3, -0.25) is 4.79 Å². The number of rotatable bonds is 5. The van der Waals surface area contributed by atoms with Crippen LogP contribution in [0.1, 0.15) is 25.0 Å². The van der Waals surface area contributed by atoms with Gasteiger partial charge in [-0.05, 0) is 61.7 Å². The molecule has 1 N–H and O–H groups in total. The number of aryl methyl sites for hydroxylation is 2. The van der Waals surface area contributed by atoms with Gasteiger partial charge >= 0.3 is 0 Å². The normalized spacial score (nSPS) is 11.8. The van der Waals surface area contributed by atoms with Gasteiger partial charge < -0.3 is 10.1 Å². The molecule has 0 heterocycles. The van der Waals surface area contributed by atoms with E-state index in [9.17, 15) is 4.79 Å². The first kappa shape index (κ1) is 16.4. The molecule has 1 unspecified atom stereocenters. The Morgan fingerprint density at radius 3 is 2.73 bits per heavy atom. The summed E-state index contributed by atoms with van der Waals surface area (Å²) in [5.74, 6) is 0.516. The molecule has 0 aromatic heterocycles. The van der Waals surface area contributed by atoms with Crippen molar-refractivity contribution >= 4 is 23.2 Å². The first-order valence-corrected chi connectivity index (χ1v) is 7.70. The standard InChI is InChI=1S/C18H20ClNO2/c1-4-14-6-5-7-16(11-14)22-13(3)18(21)20-17-9-8-15(19)10-12(17)2/h5-11,13H,4H2,1-3H3,(H,20,21). The van der Waals surface area contributed by atoms with Crippen molar-refractivity contribution in [3.63, 3.8) is 0 Å². The van der Waals surface area contributed by atoms with Crippen LogP contribution in [0.2, 0.25) is 5.02 Å². The van der Waals surface area contributed by atoms with E-state index in [1.807, 2.05) is 37.3 Å². The van der Waals surface area contributed by atoms with E-state index < -0.39 is 6.10 Å². The number of nitrogens with one attached hydrogen (secondary N) is 1. The second-order valence-electron chi connectivity index (χ2n) is 5.21. The van der Waals surface area contributed by atoms with Crippen LogP contribution in [-0.4, -0.2) is 12.0 Å². The Labute approximate surface area is 136 Å². The lowest BCUT2D eigenvalue weighted by atomic mass is 10.1. The van der Waals surface area contributed by atoms with Gasteiger partial charge in [-0.2, -0.15) is 0 Å². The number of anilines is 1. The minimum absolute atomic E-state index is 0.188. The molecule has 2 aromatic rings. The van der Waals surface area contributed by atoms with Crippen LogP contribution in [0.5, 0.6) is 5.75 Å². The van der Waals surface area contributed by atoms with Crippen LogP contribution in [0.4, 0.5) is 5.69 Å². The summed E-state index contributed by atoms with van der Waals surface area (Å²) in [6, 6.07) is 13.1. The fraction of sp³-hybridized carbons (Fsp3) is 0.278. The molecule has 1 amide bonds. The molecule has 4 heteroatoms. The maximum absolute atomic E-state index is 12.2. The smallest absolute Gasteiger partial charge is 0.265 e. The third kappa shape index (κ3) is 4.25. The third-order valence-electron chi connectivity index (χ3n) is 3.44. The lowest BCUT2D eigenvalue weighted by Gasteiger charge is -2.16. The molecule has 116 valence electrons. The predicted molar refractivity (Wildman–Crippen MR) is 90.7 cm³/mol. The van der Waals surface area contributed by atoms with E-state index in [1.165, 1.54) is 5.56 Å². The van der Waals surface area contributed by atoms with Crippen LogP contribution >= 0.6 is 11.6 Å². The summed E-state index contributed by atoms with van der Waals surface area (Å²) in [5.41, 5.74) is 2.84. The number of hydrogen-bond donors (Lipinski definition) is 1. The molecule has 0 aliphatic rings. The summed E-state index contributed by atoms with van der Waals surface area (Å²) in [5, 5.41) is 3.51. The number of ether oxygens (including phenoxy) is 1. The Kier molecular flexibility index (Phi) is 5.45. The van der Waals surface area contributed by atoms with Crippen molar-refractivity contribution in [1.82, 2.24) is 0 Å². The molecule has 3 nitrogen and oxygen atoms in total. The number of amides is 1. The highest BCUT2D eigenvalue weighted by atomic mass is 35.5. The minimum atomic E-state index is -0.581. The average molecular weight is 318 g/mol. The van der Waals surface area contributed by atoms with Crippen LogP contribution in [0.25, 0.3) is 0 Å². The largest absolute Gasteiger partial charge is 0.481 e. The van der Waals surface area contributed by atoms with Gasteiger partial charge in [0, 0.05) is 10.7 Å². The van der Waals surface area contributed by atoms with Gasteiger partial charge in [-0.1, -0.05) is 30.7 Å². The second kappa shape index (κ2) is 7.32. The Morgan fingerprint density at radius 2 is 2.05 bits per heavy atom. The SMILES string of the molecule is CCc1cccc(OC(C)C(=O)Nc2ccc(Cl)cc2C)c1. The van der Waals surface area contributed by atoms with E-state index in [1.54, 1.807) is 19.1 Å². The van der Waals surface area contributed by atoms with Crippen LogP contribution in [0, 0.1) is 6.92 Å². The van der Waals surface area contributed by atoms with Crippen molar-refractivity contribution in [3.8, 4) is 5.75 Å². The fourth-order valence-electron chi connectivity index (χ4n) is 2.10. The number of carbonyl (C=O) groups excluding carboxylic acids is 1. The molecule has 0 fully saturated rings. The first-order valence-electron chi connectivity index (χ1n) is 7.32. The second-order valence-corrected chi connectivity index (χ2v) is 5.65. The number of hydrogen-bond acceptors (Lipinski definition) is 2. The Balaban J connectivity index is 2.02. The van der Waals surface area contributed by atoms with E-state index >= 15 is 0 Å². The Hall–Kier alpha value is -2.00. The van der Waals surface area contributed by atoms with Gasteiger partial charge in [0.2, 0.25) is 0 Å². The number of benzene rings is 2. The maximum Gasteiger partial charge on any atom is 0.265 e. The highest BCUT2D eigenvalue weighted by molar-refractivity contribution is 6.30. The van der Waals surface area contributed by atoms with Crippen molar-refractivity contribution in [2.45, 2.75) is 33.3 Å².